The molecule has 0 unspecified atom stereocenters. The largest absolute Gasteiger partial charge is 0.487 e. The van der Waals surface area contributed by atoms with Crippen molar-refractivity contribution < 1.29 is 28.5 Å². The second kappa shape index (κ2) is 16.8. The van der Waals surface area contributed by atoms with Crippen molar-refractivity contribution in [3.63, 3.8) is 0 Å². The second-order valence-electron chi connectivity index (χ2n) is 12.6. The van der Waals surface area contributed by atoms with Crippen molar-refractivity contribution in [1.82, 2.24) is 0 Å². The molecular weight excluding hydrogens is 543 g/mol. The third-order valence-electron chi connectivity index (χ3n) is 9.54. The van der Waals surface area contributed by atoms with Crippen LogP contribution in [0.25, 0.3) is 11.1 Å². The summed E-state index contributed by atoms with van der Waals surface area (Å²) in [4.78, 5) is 11.6. The van der Waals surface area contributed by atoms with Gasteiger partial charge in [-0.15, -0.1) is 0 Å². The first-order chi connectivity index (χ1) is 20.9. The van der Waals surface area contributed by atoms with E-state index in [0.717, 1.165) is 36.2 Å². The van der Waals surface area contributed by atoms with E-state index < -0.39 is 5.97 Å². The van der Waals surface area contributed by atoms with Crippen molar-refractivity contribution in [3.8, 4) is 22.6 Å². The first kappa shape index (κ1) is 33.0. The minimum absolute atomic E-state index is 0.0426. The molecule has 0 aliphatic heterocycles. The minimum Gasteiger partial charge on any atom is -0.487 e. The third-order valence-corrected chi connectivity index (χ3v) is 9.54. The van der Waals surface area contributed by atoms with Gasteiger partial charge >= 0.3 is 5.97 Å². The lowest BCUT2D eigenvalue weighted by Crippen LogP contribution is -2.25. The van der Waals surface area contributed by atoms with E-state index in [1.54, 1.807) is 31.2 Å². The van der Waals surface area contributed by atoms with Gasteiger partial charge in [0.05, 0.1) is 6.61 Å². The number of aliphatic hydroxyl groups is 1. The number of halogens is 1. The first-order valence-electron chi connectivity index (χ1n) is 16.5. The Hall–Kier alpha value is -2.86. The van der Waals surface area contributed by atoms with Crippen molar-refractivity contribution in [2.75, 3.05) is 26.4 Å². The van der Waals surface area contributed by atoms with E-state index in [4.69, 9.17) is 14.2 Å². The van der Waals surface area contributed by atoms with Crippen LogP contribution in [0.1, 0.15) is 102 Å². The van der Waals surface area contributed by atoms with Gasteiger partial charge in [-0.1, -0.05) is 70.2 Å². The summed E-state index contributed by atoms with van der Waals surface area (Å²) in [6.45, 7) is 7.54. The van der Waals surface area contributed by atoms with Crippen LogP contribution in [-0.2, 0) is 9.53 Å². The molecule has 2 aromatic rings. The summed E-state index contributed by atoms with van der Waals surface area (Å²) >= 11 is 0. The van der Waals surface area contributed by atoms with Crippen LogP contribution < -0.4 is 9.47 Å². The van der Waals surface area contributed by atoms with Gasteiger partial charge in [-0.05, 0) is 98.4 Å². The molecule has 236 valence electrons. The molecule has 0 amide bonds. The summed E-state index contributed by atoms with van der Waals surface area (Å²) in [5.41, 5.74) is 2.58. The molecule has 2 saturated carbocycles. The Morgan fingerprint density at radius 1 is 0.884 bits per heavy atom. The van der Waals surface area contributed by atoms with Crippen LogP contribution in [0.2, 0.25) is 0 Å². The number of hydrogen-bond acceptors (Lipinski definition) is 5. The van der Waals surface area contributed by atoms with Crippen molar-refractivity contribution in [1.29, 1.82) is 0 Å². The average Bonchev–Trinajstić information content (AvgIpc) is 3.02. The Balaban J connectivity index is 1.34. The molecule has 1 N–H and O–H groups in total. The van der Waals surface area contributed by atoms with Gasteiger partial charge in [-0.3, -0.25) is 0 Å². The minimum atomic E-state index is -0.481. The number of carbonyl (C=O) groups is 1. The lowest BCUT2D eigenvalue weighted by molar-refractivity contribution is -0.139. The van der Waals surface area contributed by atoms with Crippen molar-refractivity contribution in [3.05, 3.63) is 59.9 Å². The van der Waals surface area contributed by atoms with E-state index >= 15 is 4.39 Å². The van der Waals surface area contributed by atoms with E-state index in [1.165, 1.54) is 64.2 Å². The van der Waals surface area contributed by atoms with Gasteiger partial charge in [0.25, 0.3) is 0 Å². The Kier molecular flexibility index (Phi) is 12.9. The van der Waals surface area contributed by atoms with Crippen LogP contribution in [0.3, 0.4) is 0 Å². The Morgan fingerprint density at radius 3 is 2.23 bits per heavy atom. The van der Waals surface area contributed by atoms with Crippen molar-refractivity contribution in [2.45, 2.75) is 96.8 Å². The molecule has 0 spiro atoms. The number of unbranched alkanes of at least 4 members (excludes halogenated alkanes) is 2. The molecule has 2 aliphatic carbocycles. The van der Waals surface area contributed by atoms with Gasteiger partial charge in [0.2, 0.25) is 0 Å². The van der Waals surface area contributed by atoms with Gasteiger partial charge in [-0.25, -0.2) is 9.18 Å². The van der Waals surface area contributed by atoms with E-state index in [9.17, 15) is 9.90 Å². The molecular formula is C37H51FO5. The number of benzene rings is 2. The van der Waals surface area contributed by atoms with Gasteiger partial charge < -0.3 is 19.3 Å². The Labute approximate surface area is 257 Å². The van der Waals surface area contributed by atoms with Crippen LogP contribution in [0, 0.1) is 23.6 Å². The molecule has 0 bridgehead atoms. The lowest BCUT2D eigenvalue weighted by atomic mass is 9.68. The molecule has 0 aromatic heterocycles. The number of hydrogen-bond donors (Lipinski definition) is 1. The summed E-state index contributed by atoms with van der Waals surface area (Å²) in [7, 11) is 0. The monoisotopic (exact) mass is 594 g/mol. The quantitative estimate of drug-likeness (QED) is 0.127. The van der Waals surface area contributed by atoms with Crippen LogP contribution >= 0.6 is 0 Å². The number of carbonyl (C=O) groups excluding carboxylic acids is 1. The van der Waals surface area contributed by atoms with E-state index in [1.807, 2.05) is 6.07 Å². The fraction of sp³-hybridized carbons (Fsp3) is 0.595. The molecule has 2 aromatic carbocycles. The van der Waals surface area contributed by atoms with Gasteiger partial charge in [0.15, 0.2) is 11.5 Å². The van der Waals surface area contributed by atoms with Crippen LogP contribution in [0.15, 0.2) is 48.6 Å². The predicted octanol–water partition coefficient (Wildman–Crippen LogP) is 9.02. The summed E-state index contributed by atoms with van der Waals surface area (Å²) in [6.07, 6.45) is 16.0. The SMILES string of the molecule is C=C(C)C(=O)OCCOc1cc(-c2ccc(C3CCC(C4CCC(CCCCC)CC4)CC3)cc2F)ccc1OCCO. The number of esters is 1. The maximum Gasteiger partial charge on any atom is 0.333 e. The summed E-state index contributed by atoms with van der Waals surface area (Å²) in [5, 5.41) is 9.19. The molecule has 4 rings (SSSR count). The fourth-order valence-corrected chi connectivity index (χ4v) is 7.05. The highest BCUT2D eigenvalue weighted by molar-refractivity contribution is 5.86. The van der Waals surface area contributed by atoms with Gasteiger partial charge in [-0.2, -0.15) is 0 Å². The Morgan fingerprint density at radius 2 is 1.58 bits per heavy atom. The highest BCUT2D eigenvalue weighted by Crippen LogP contribution is 2.45. The van der Waals surface area contributed by atoms with Crippen LogP contribution in [-0.4, -0.2) is 37.5 Å². The summed E-state index contributed by atoms with van der Waals surface area (Å²) < 4.78 is 32.1. The van der Waals surface area contributed by atoms with Crippen LogP contribution in [0.5, 0.6) is 11.5 Å². The number of ether oxygens (including phenoxy) is 3. The predicted molar refractivity (Wildman–Crippen MR) is 170 cm³/mol. The highest BCUT2D eigenvalue weighted by Gasteiger charge is 2.31. The maximum atomic E-state index is 15.5. The normalized spacial score (nSPS) is 22.1. The molecule has 5 nitrogen and oxygen atoms in total. The zero-order valence-corrected chi connectivity index (χ0v) is 26.3. The molecule has 0 atom stereocenters. The molecule has 43 heavy (non-hydrogen) atoms. The van der Waals surface area contributed by atoms with Crippen molar-refractivity contribution in [2.24, 2.45) is 17.8 Å². The van der Waals surface area contributed by atoms with E-state index in [-0.39, 0.29) is 32.2 Å². The van der Waals surface area contributed by atoms with Gasteiger partial charge in [0.1, 0.15) is 25.6 Å². The zero-order valence-electron chi connectivity index (χ0n) is 26.3. The zero-order chi connectivity index (χ0) is 30.6. The van der Waals surface area contributed by atoms with Crippen LogP contribution in [0.4, 0.5) is 4.39 Å². The molecule has 0 radical (unpaired) electrons. The summed E-state index contributed by atoms with van der Waals surface area (Å²) in [5.74, 6) is 3.21. The smallest absolute Gasteiger partial charge is 0.333 e. The maximum absolute atomic E-state index is 15.5. The summed E-state index contributed by atoms with van der Waals surface area (Å²) in [6, 6.07) is 10.9. The molecule has 0 heterocycles. The lowest BCUT2D eigenvalue weighted by Gasteiger charge is -2.38. The molecule has 2 aliphatic rings. The molecule has 0 saturated heterocycles. The van der Waals surface area contributed by atoms with E-state index in [0.29, 0.717) is 34.1 Å². The molecule has 6 heteroatoms. The fourth-order valence-electron chi connectivity index (χ4n) is 7.05. The average molecular weight is 595 g/mol. The highest BCUT2D eigenvalue weighted by atomic mass is 19.1. The topological polar surface area (TPSA) is 65.0 Å². The van der Waals surface area contributed by atoms with Crippen molar-refractivity contribution >= 4 is 5.97 Å². The number of aliphatic hydroxyl groups excluding tert-OH is 1. The van der Waals surface area contributed by atoms with E-state index in [2.05, 4.69) is 19.6 Å². The third kappa shape index (κ3) is 9.56. The Bertz CT molecular complexity index is 1180. The first-order valence-corrected chi connectivity index (χ1v) is 16.5. The molecule has 2 fully saturated rings. The standard InChI is InChI=1S/C37H51FO5/c1-4-5-6-7-27-8-10-28(11-9-27)29-12-14-30(15-13-29)31-16-18-33(34(38)24-31)32-17-19-35(41-21-20-39)36(25-32)42-22-23-43-37(40)26(2)3/h16-19,24-25,27-30,39H,2,4-15,20-23H2,1,3H3. The number of rotatable bonds is 15. The van der Waals surface area contributed by atoms with Gasteiger partial charge in [0, 0.05) is 11.1 Å². The second-order valence-corrected chi connectivity index (χ2v) is 12.6.